The van der Waals surface area contributed by atoms with Crippen LogP contribution < -0.4 is 4.74 Å². The molecule has 0 bridgehead atoms. The number of esters is 1. The molecule has 10 heteroatoms. The number of methoxy groups -OCH3 is 1. The summed E-state index contributed by atoms with van der Waals surface area (Å²) in [5.41, 5.74) is -3.41. The molecule has 1 aromatic carbocycles. The van der Waals surface area contributed by atoms with Crippen molar-refractivity contribution in [3.8, 4) is 17.6 Å². The zero-order valence-electron chi connectivity index (χ0n) is 12.7. The molecule has 136 valence electrons. The third kappa shape index (κ3) is 4.65. The molecule has 0 N–H and O–H groups in total. The van der Waals surface area contributed by atoms with Gasteiger partial charge in [-0.1, -0.05) is 11.8 Å². The van der Waals surface area contributed by atoms with Gasteiger partial charge in [-0.3, -0.25) is 0 Å². The fourth-order valence-corrected chi connectivity index (χ4v) is 1.52. The second kappa shape index (κ2) is 7.92. The lowest BCUT2D eigenvalue weighted by molar-refractivity contribution is -0.138. The average molecular weight is 370 g/mol. The van der Waals surface area contributed by atoms with Crippen LogP contribution >= 0.6 is 0 Å². The van der Waals surface area contributed by atoms with Crippen molar-refractivity contribution in [3.05, 3.63) is 40.5 Å². The van der Waals surface area contributed by atoms with Gasteiger partial charge in [-0.15, -0.1) is 0 Å². The highest BCUT2D eigenvalue weighted by Gasteiger charge is 2.34. The molecule has 25 heavy (non-hydrogen) atoms. The lowest BCUT2D eigenvalue weighted by Gasteiger charge is -2.08. The van der Waals surface area contributed by atoms with E-state index in [2.05, 4.69) is 9.47 Å². The molecule has 0 atom stereocenters. The maximum absolute atomic E-state index is 13.7. The minimum absolute atomic E-state index is 0.0530. The Kier molecular flexibility index (Phi) is 6.44. The Balaban J connectivity index is 3.49. The molecule has 0 aliphatic heterocycles. The molecule has 0 aliphatic carbocycles. The maximum atomic E-state index is 13.7. The smallest absolute Gasteiger partial charge is 0.424 e. The molecule has 0 unspecified atom stereocenters. The summed E-state index contributed by atoms with van der Waals surface area (Å²) in [4.78, 5) is 11.1. The standard InChI is InChI=1S/C15H9F7O3/c1-3-25-9(23)6-7(15(20,21)22)4-5-8-10(16)12(18)14(24-2)13(19)11(8)17/h6H,3H2,1-2H3/b7-6+. The first-order valence-corrected chi connectivity index (χ1v) is 6.42. The first-order chi connectivity index (χ1) is 11.5. The Morgan fingerprint density at radius 2 is 1.60 bits per heavy atom. The maximum Gasteiger partial charge on any atom is 0.424 e. The van der Waals surface area contributed by atoms with Crippen LogP contribution in [0.5, 0.6) is 5.75 Å². The van der Waals surface area contributed by atoms with Crippen LogP contribution in [-0.4, -0.2) is 25.9 Å². The first kappa shape index (κ1) is 20.3. The van der Waals surface area contributed by atoms with Crippen LogP contribution in [-0.2, 0) is 9.53 Å². The minimum atomic E-state index is -5.17. The van der Waals surface area contributed by atoms with Gasteiger partial charge in [-0.05, 0) is 6.92 Å². The molecule has 0 saturated heterocycles. The summed E-state index contributed by atoms with van der Waals surface area (Å²) in [5, 5.41) is 0. The van der Waals surface area contributed by atoms with Crippen LogP contribution in [0.3, 0.4) is 0 Å². The molecular formula is C15H9F7O3. The number of hydrogen-bond acceptors (Lipinski definition) is 3. The number of allylic oxidation sites excluding steroid dienone is 1. The highest BCUT2D eigenvalue weighted by molar-refractivity contribution is 5.84. The minimum Gasteiger partial charge on any atom is -0.491 e. The van der Waals surface area contributed by atoms with Crippen molar-refractivity contribution in [2.45, 2.75) is 13.1 Å². The van der Waals surface area contributed by atoms with E-state index in [1.54, 1.807) is 0 Å². The van der Waals surface area contributed by atoms with Gasteiger partial charge in [0.2, 0.25) is 11.6 Å². The predicted octanol–water partition coefficient (Wildman–Crippen LogP) is 3.65. The summed E-state index contributed by atoms with van der Waals surface area (Å²) in [6.45, 7) is 1.10. The highest BCUT2D eigenvalue weighted by atomic mass is 19.4. The van der Waals surface area contributed by atoms with Gasteiger partial charge >= 0.3 is 12.1 Å². The number of alkyl halides is 3. The summed E-state index contributed by atoms with van der Waals surface area (Å²) >= 11 is 0. The van der Waals surface area contributed by atoms with E-state index in [1.807, 2.05) is 0 Å². The fraction of sp³-hybridized carbons (Fsp3) is 0.267. The van der Waals surface area contributed by atoms with E-state index in [1.165, 1.54) is 18.8 Å². The van der Waals surface area contributed by atoms with E-state index in [0.29, 0.717) is 0 Å². The zero-order valence-corrected chi connectivity index (χ0v) is 12.7. The molecule has 0 spiro atoms. The van der Waals surface area contributed by atoms with Crippen molar-refractivity contribution in [2.24, 2.45) is 0 Å². The number of carbonyl (C=O) groups is 1. The third-order valence-corrected chi connectivity index (χ3v) is 2.60. The Hall–Kier alpha value is -2.70. The fourth-order valence-electron chi connectivity index (χ4n) is 1.52. The molecule has 0 radical (unpaired) electrons. The molecule has 0 saturated carbocycles. The van der Waals surface area contributed by atoms with Crippen LogP contribution in [0.1, 0.15) is 12.5 Å². The van der Waals surface area contributed by atoms with Gasteiger partial charge < -0.3 is 9.47 Å². The van der Waals surface area contributed by atoms with Crippen LogP contribution in [0.4, 0.5) is 30.7 Å². The number of halogens is 7. The number of rotatable bonds is 3. The highest BCUT2D eigenvalue weighted by Crippen LogP contribution is 2.30. The monoisotopic (exact) mass is 370 g/mol. The lowest BCUT2D eigenvalue weighted by Crippen LogP contribution is -2.13. The summed E-state index contributed by atoms with van der Waals surface area (Å²) in [7, 11) is 0.732. The van der Waals surface area contributed by atoms with Gasteiger partial charge in [0, 0.05) is 6.08 Å². The van der Waals surface area contributed by atoms with Crippen molar-refractivity contribution in [1.82, 2.24) is 0 Å². The summed E-state index contributed by atoms with van der Waals surface area (Å²) in [6, 6.07) is 0. The summed E-state index contributed by atoms with van der Waals surface area (Å²) in [6.07, 6.45) is -5.22. The Morgan fingerprint density at radius 1 is 1.08 bits per heavy atom. The van der Waals surface area contributed by atoms with Gasteiger partial charge in [0.25, 0.3) is 0 Å². The van der Waals surface area contributed by atoms with Gasteiger partial charge in [0.05, 0.1) is 13.7 Å². The molecule has 0 aromatic heterocycles. The quantitative estimate of drug-likeness (QED) is 0.268. The number of carbonyl (C=O) groups excluding carboxylic acids is 1. The van der Waals surface area contributed by atoms with Crippen LogP contribution in [0.2, 0.25) is 0 Å². The van der Waals surface area contributed by atoms with Crippen LogP contribution in [0.25, 0.3) is 0 Å². The normalized spacial score (nSPS) is 11.6. The Morgan fingerprint density at radius 3 is 2.00 bits per heavy atom. The van der Waals surface area contributed by atoms with Gasteiger partial charge in [0.1, 0.15) is 11.1 Å². The van der Waals surface area contributed by atoms with E-state index in [9.17, 15) is 35.5 Å². The topological polar surface area (TPSA) is 35.5 Å². The van der Waals surface area contributed by atoms with Crippen molar-refractivity contribution < 1.29 is 45.0 Å². The van der Waals surface area contributed by atoms with Crippen molar-refractivity contribution in [2.75, 3.05) is 13.7 Å². The average Bonchev–Trinajstić information content (AvgIpc) is 2.51. The predicted molar refractivity (Wildman–Crippen MR) is 70.5 cm³/mol. The second-order valence-corrected chi connectivity index (χ2v) is 4.22. The second-order valence-electron chi connectivity index (χ2n) is 4.22. The molecule has 0 amide bonds. The van der Waals surface area contributed by atoms with Crippen molar-refractivity contribution in [3.63, 3.8) is 0 Å². The molecule has 0 aliphatic rings. The first-order valence-electron chi connectivity index (χ1n) is 6.42. The van der Waals surface area contributed by atoms with Crippen molar-refractivity contribution in [1.29, 1.82) is 0 Å². The molecule has 0 fully saturated rings. The van der Waals surface area contributed by atoms with Crippen LogP contribution in [0, 0.1) is 35.1 Å². The molecule has 3 nitrogen and oxygen atoms in total. The van der Waals surface area contributed by atoms with Crippen molar-refractivity contribution >= 4 is 5.97 Å². The summed E-state index contributed by atoms with van der Waals surface area (Å²) < 4.78 is 101. The number of hydrogen-bond donors (Lipinski definition) is 0. The largest absolute Gasteiger partial charge is 0.491 e. The number of benzene rings is 1. The van der Waals surface area contributed by atoms with E-state index >= 15 is 0 Å². The third-order valence-electron chi connectivity index (χ3n) is 2.60. The van der Waals surface area contributed by atoms with E-state index < -0.39 is 52.3 Å². The van der Waals surface area contributed by atoms with Crippen LogP contribution in [0.15, 0.2) is 11.6 Å². The van der Waals surface area contributed by atoms with E-state index in [0.717, 1.165) is 7.11 Å². The number of ether oxygens (including phenoxy) is 2. The van der Waals surface area contributed by atoms with Gasteiger partial charge in [-0.2, -0.15) is 22.0 Å². The van der Waals surface area contributed by atoms with Gasteiger partial charge in [0.15, 0.2) is 17.4 Å². The SMILES string of the molecule is CCOC(=O)/C=C(\C#Cc1c(F)c(F)c(OC)c(F)c1F)C(F)(F)F. The Bertz CT molecular complexity index is 741. The molecular weight excluding hydrogens is 361 g/mol. The van der Waals surface area contributed by atoms with E-state index in [4.69, 9.17) is 0 Å². The van der Waals surface area contributed by atoms with Gasteiger partial charge in [-0.25, -0.2) is 13.6 Å². The molecule has 1 rings (SSSR count). The van der Waals surface area contributed by atoms with E-state index in [-0.39, 0.29) is 12.7 Å². The summed E-state index contributed by atoms with van der Waals surface area (Å²) in [5.74, 6) is -8.20. The lowest BCUT2D eigenvalue weighted by atomic mass is 10.1. The molecule has 0 heterocycles. The molecule has 1 aromatic rings. The Labute approximate surface area is 137 Å². The zero-order chi connectivity index (χ0) is 19.4.